The van der Waals surface area contributed by atoms with Crippen LogP contribution in [0.3, 0.4) is 0 Å². The monoisotopic (exact) mass is 199 g/mol. The highest BCUT2D eigenvalue weighted by Gasteiger charge is 2.22. The van der Waals surface area contributed by atoms with Gasteiger partial charge in [-0.2, -0.15) is 0 Å². The fourth-order valence-corrected chi connectivity index (χ4v) is 2.24. The van der Waals surface area contributed by atoms with E-state index in [4.69, 9.17) is 0 Å². The summed E-state index contributed by atoms with van der Waals surface area (Å²) in [5, 5.41) is 9.91. The summed E-state index contributed by atoms with van der Waals surface area (Å²) >= 11 is 0. The molecule has 1 aliphatic rings. The van der Waals surface area contributed by atoms with Crippen molar-refractivity contribution in [2.75, 3.05) is 13.6 Å². The Kier molecular flexibility index (Phi) is 4.90. The van der Waals surface area contributed by atoms with Crippen LogP contribution < -0.4 is 0 Å². The third-order valence-corrected chi connectivity index (χ3v) is 3.72. The van der Waals surface area contributed by atoms with Crippen molar-refractivity contribution in [3.05, 3.63) is 0 Å². The van der Waals surface area contributed by atoms with Gasteiger partial charge >= 0.3 is 0 Å². The molecule has 0 amide bonds. The van der Waals surface area contributed by atoms with Crippen LogP contribution >= 0.6 is 0 Å². The Labute approximate surface area is 88.3 Å². The van der Waals surface area contributed by atoms with Gasteiger partial charge in [-0.25, -0.2) is 0 Å². The molecule has 2 atom stereocenters. The zero-order chi connectivity index (χ0) is 10.6. The number of aliphatic hydroxyl groups excluding tert-OH is 1. The van der Waals surface area contributed by atoms with Gasteiger partial charge in [-0.15, -0.1) is 0 Å². The lowest BCUT2D eigenvalue weighted by atomic mass is 10.0. The molecule has 2 unspecified atom stereocenters. The second kappa shape index (κ2) is 5.72. The summed E-state index contributed by atoms with van der Waals surface area (Å²) in [6.45, 7) is 5.12. The van der Waals surface area contributed by atoms with Gasteiger partial charge in [0.15, 0.2) is 0 Å². The number of likely N-dealkylation sites (N-methyl/N-ethyl adjacent to an activating group) is 1. The Morgan fingerprint density at radius 3 is 2.43 bits per heavy atom. The van der Waals surface area contributed by atoms with Crippen molar-refractivity contribution in [2.24, 2.45) is 5.92 Å². The normalized spacial score (nSPS) is 22.9. The van der Waals surface area contributed by atoms with Crippen LogP contribution in [-0.4, -0.2) is 35.7 Å². The van der Waals surface area contributed by atoms with Crippen LogP contribution in [0.25, 0.3) is 0 Å². The molecule has 1 aliphatic carbocycles. The van der Waals surface area contributed by atoms with Crippen LogP contribution in [0.15, 0.2) is 0 Å². The van der Waals surface area contributed by atoms with Crippen LogP contribution in [0.1, 0.15) is 46.0 Å². The van der Waals surface area contributed by atoms with E-state index in [0.29, 0.717) is 5.92 Å². The van der Waals surface area contributed by atoms with E-state index in [0.717, 1.165) is 19.0 Å². The molecule has 1 saturated carbocycles. The SMILES string of the molecule is CCC(C)C(O)CN(C)C1CCCC1. The summed E-state index contributed by atoms with van der Waals surface area (Å²) in [6.07, 6.45) is 6.31. The topological polar surface area (TPSA) is 23.5 Å². The highest BCUT2D eigenvalue weighted by atomic mass is 16.3. The van der Waals surface area contributed by atoms with Gasteiger partial charge in [0.1, 0.15) is 0 Å². The summed E-state index contributed by atoms with van der Waals surface area (Å²) in [5.74, 6) is 0.429. The summed E-state index contributed by atoms with van der Waals surface area (Å²) in [5.41, 5.74) is 0. The molecular formula is C12H25NO. The van der Waals surface area contributed by atoms with E-state index in [1.807, 2.05) is 0 Å². The lowest BCUT2D eigenvalue weighted by Crippen LogP contribution is -2.38. The Bertz CT molecular complexity index is 154. The second-order valence-corrected chi connectivity index (χ2v) is 4.83. The van der Waals surface area contributed by atoms with E-state index in [1.54, 1.807) is 0 Å². The first kappa shape index (κ1) is 12.0. The Balaban J connectivity index is 2.27. The summed E-state index contributed by atoms with van der Waals surface area (Å²) in [4.78, 5) is 2.35. The zero-order valence-corrected chi connectivity index (χ0v) is 9.87. The van der Waals surface area contributed by atoms with Crippen LogP contribution in [0.2, 0.25) is 0 Å². The van der Waals surface area contributed by atoms with Crippen molar-refractivity contribution >= 4 is 0 Å². The second-order valence-electron chi connectivity index (χ2n) is 4.83. The molecule has 2 nitrogen and oxygen atoms in total. The molecule has 0 aromatic heterocycles. The van der Waals surface area contributed by atoms with Crippen molar-refractivity contribution in [1.29, 1.82) is 0 Å². The van der Waals surface area contributed by atoms with Gasteiger partial charge < -0.3 is 10.0 Å². The summed E-state index contributed by atoms with van der Waals surface area (Å²) < 4.78 is 0. The van der Waals surface area contributed by atoms with Gasteiger partial charge in [-0.3, -0.25) is 0 Å². The standard InChI is InChI=1S/C12H25NO/c1-4-10(2)12(14)9-13(3)11-7-5-6-8-11/h10-12,14H,4-9H2,1-3H3. The number of hydrogen-bond acceptors (Lipinski definition) is 2. The van der Waals surface area contributed by atoms with Crippen molar-refractivity contribution in [3.8, 4) is 0 Å². The molecule has 1 N–H and O–H groups in total. The predicted molar refractivity (Wildman–Crippen MR) is 60.3 cm³/mol. The average molecular weight is 199 g/mol. The van der Waals surface area contributed by atoms with E-state index in [1.165, 1.54) is 25.7 Å². The largest absolute Gasteiger partial charge is 0.392 e. The van der Waals surface area contributed by atoms with E-state index in [9.17, 15) is 5.11 Å². The molecule has 0 aromatic rings. The molecule has 0 spiro atoms. The van der Waals surface area contributed by atoms with Crippen LogP contribution in [0.5, 0.6) is 0 Å². The molecule has 0 saturated heterocycles. The van der Waals surface area contributed by atoms with Crippen molar-refractivity contribution in [3.63, 3.8) is 0 Å². The Morgan fingerprint density at radius 2 is 1.93 bits per heavy atom. The number of rotatable bonds is 5. The van der Waals surface area contributed by atoms with E-state index in [-0.39, 0.29) is 6.10 Å². The zero-order valence-electron chi connectivity index (χ0n) is 9.87. The number of hydrogen-bond donors (Lipinski definition) is 1. The molecular weight excluding hydrogens is 174 g/mol. The van der Waals surface area contributed by atoms with Gasteiger partial charge in [0.2, 0.25) is 0 Å². The van der Waals surface area contributed by atoms with E-state index < -0.39 is 0 Å². The van der Waals surface area contributed by atoms with Gasteiger partial charge in [0, 0.05) is 12.6 Å². The molecule has 14 heavy (non-hydrogen) atoms. The van der Waals surface area contributed by atoms with E-state index in [2.05, 4.69) is 25.8 Å². The van der Waals surface area contributed by atoms with Crippen molar-refractivity contribution in [1.82, 2.24) is 4.90 Å². The molecule has 1 fully saturated rings. The molecule has 0 radical (unpaired) electrons. The first-order valence-corrected chi connectivity index (χ1v) is 6.03. The Morgan fingerprint density at radius 1 is 1.36 bits per heavy atom. The van der Waals surface area contributed by atoms with Crippen molar-refractivity contribution in [2.45, 2.75) is 58.1 Å². The van der Waals surface area contributed by atoms with Gasteiger partial charge in [-0.1, -0.05) is 33.1 Å². The fourth-order valence-electron chi connectivity index (χ4n) is 2.24. The maximum Gasteiger partial charge on any atom is 0.0692 e. The van der Waals surface area contributed by atoms with Crippen LogP contribution in [-0.2, 0) is 0 Å². The first-order chi connectivity index (χ1) is 6.65. The van der Waals surface area contributed by atoms with Crippen LogP contribution in [0, 0.1) is 5.92 Å². The maximum absolute atomic E-state index is 9.91. The number of nitrogens with zero attached hydrogens (tertiary/aromatic N) is 1. The third kappa shape index (κ3) is 3.25. The summed E-state index contributed by atoms with van der Waals surface area (Å²) in [6, 6.07) is 0.730. The molecule has 0 bridgehead atoms. The van der Waals surface area contributed by atoms with Gasteiger partial charge in [0.05, 0.1) is 6.10 Å². The van der Waals surface area contributed by atoms with Crippen molar-refractivity contribution < 1.29 is 5.11 Å². The lowest BCUT2D eigenvalue weighted by Gasteiger charge is -2.28. The highest BCUT2D eigenvalue weighted by molar-refractivity contribution is 4.77. The first-order valence-electron chi connectivity index (χ1n) is 6.03. The van der Waals surface area contributed by atoms with Gasteiger partial charge in [0.25, 0.3) is 0 Å². The fraction of sp³-hybridized carbons (Fsp3) is 1.00. The summed E-state index contributed by atoms with van der Waals surface area (Å²) in [7, 11) is 2.15. The molecule has 0 heterocycles. The van der Waals surface area contributed by atoms with E-state index >= 15 is 0 Å². The smallest absolute Gasteiger partial charge is 0.0692 e. The minimum Gasteiger partial charge on any atom is -0.392 e. The minimum absolute atomic E-state index is 0.148. The highest BCUT2D eigenvalue weighted by Crippen LogP contribution is 2.23. The maximum atomic E-state index is 9.91. The Hall–Kier alpha value is -0.0800. The van der Waals surface area contributed by atoms with Crippen LogP contribution in [0.4, 0.5) is 0 Å². The molecule has 2 heteroatoms. The molecule has 0 aliphatic heterocycles. The third-order valence-electron chi connectivity index (χ3n) is 3.72. The molecule has 84 valence electrons. The average Bonchev–Trinajstić information content (AvgIpc) is 2.69. The number of aliphatic hydroxyl groups is 1. The molecule has 1 rings (SSSR count). The minimum atomic E-state index is -0.148. The molecule has 0 aromatic carbocycles. The predicted octanol–water partition coefficient (Wildman–Crippen LogP) is 2.27. The lowest BCUT2D eigenvalue weighted by molar-refractivity contribution is 0.0636. The van der Waals surface area contributed by atoms with Gasteiger partial charge in [-0.05, 0) is 25.8 Å². The quantitative estimate of drug-likeness (QED) is 0.734.